The van der Waals surface area contributed by atoms with E-state index in [1.165, 1.54) is 24.3 Å². The summed E-state index contributed by atoms with van der Waals surface area (Å²) >= 11 is 0. The van der Waals surface area contributed by atoms with Gasteiger partial charge in [-0.1, -0.05) is 19.1 Å². The molecule has 1 aliphatic carbocycles. The van der Waals surface area contributed by atoms with Crippen LogP contribution in [0.1, 0.15) is 26.2 Å². The summed E-state index contributed by atoms with van der Waals surface area (Å²) in [6.07, 6.45) is 2.87. The second-order valence-electron chi connectivity index (χ2n) is 5.17. The maximum absolute atomic E-state index is 12.3. The largest absolute Gasteiger partial charge is 0.241 e. The van der Waals surface area contributed by atoms with Gasteiger partial charge >= 0.3 is 0 Å². The third-order valence-corrected chi connectivity index (χ3v) is 6.35. The maximum atomic E-state index is 12.3. The van der Waals surface area contributed by atoms with Gasteiger partial charge in [0.25, 0.3) is 0 Å². The van der Waals surface area contributed by atoms with Crippen molar-refractivity contribution in [2.45, 2.75) is 36.0 Å². The molecule has 0 aliphatic heterocycles. The predicted molar refractivity (Wildman–Crippen MR) is 75.0 cm³/mol. The Balaban J connectivity index is 2.31. The molecule has 3 N–H and O–H groups in total. The molecule has 0 bridgehead atoms. The summed E-state index contributed by atoms with van der Waals surface area (Å²) < 4.78 is 49.9. The average Bonchev–Trinajstić information content (AvgIpc) is 3.16. The van der Waals surface area contributed by atoms with E-state index in [0.29, 0.717) is 6.54 Å². The minimum absolute atomic E-state index is 0.0314. The molecule has 0 spiro atoms. The molecule has 0 radical (unpaired) electrons. The number of hydrogen-bond acceptors (Lipinski definition) is 4. The molecule has 0 aromatic heterocycles. The van der Waals surface area contributed by atoms with Crippen molar-refractivity contribution < 1.29 is 16.8 Å². The minimum atomic E-state index is -4.08. The lowest BCUT2D eigenvalue weighted by molar-refractivity contribution is 0.475. The molecule has 1 aliphatic rings. The van der Waals surface area contributed by atoms with E-state index in [9.17, 15) is 16.8 Å². The van der Waals surface area contributed by atoms with Crippen LogP contribution in [0, 0.1) is 5.41 Å². The summed E-state index contributed by atoms with van der Waals surface area (Å²) in [7, 11) is -7.97. The van der Waals surface area contributed by atoms with Crippen molar-refractivity contribution in [1.29, 1.82) is 0 Å². The van der Waals surface area contributed by atoms with Gasteiger partial charge < -0.3 is 0 Å². The molecule has 20 heavy (non-hydrogen) atoms. The van der Waals surface area contributed by atoms with Crippen LogP contribution in [-0.4, -0.2) is 23.4 Å². The Labute approximate surface area is 119 Å². The first-order valence-corrected chi connectivity index (χ1v) is 9.35. The fourth-order valence-electron chi connectivity index (χ4n) is 2.07. The van der Waals surface area contributed by atoms with Crippen LogP contribution in [0.2, 0.25) is 0 Å². The molecular formula is C12H18N2O4S2. The normalized spacial score (nSPS) is 17.9. The fourth-order valence-corrected chi connectivity index (χ4v) is 4.60. The van der Waals surface area contributed by atoms with Crippen LogP contribution in [-0.2, 0) is 20.0 Å². The fraction of sp³-hybridized carbons (Fsp3) is 0.500. The Morgan fingerprint density at radius 3 is 2.15 bits per heavy atom. The highest BCUT2D eigenvalue weighted by Gasteiger charge is 2.41. The summed E-state index contributed by atoms with van der Waals surface area (Å²) in [5, 5.41) is 5.05. The molecule has 0 saturated heterocycles. The molecule has 1 aromatic rings. The Hall–Kier alpha value is -0.960. The Morgan fingerprint density at radius 2 is 1.70 bits per heavy atom. The highest BCUT2D eigenvalue weighted by Crippen LogP contribution is 2.48. The van der Waals surface area contributed by atoms with Crippen molar-refractivity contribution in [3.8, 4) is 0 Å². The molecule has 6 nitrogen and oxygen atoms in total. The number of benzene rings is 1. The third kappa shape index (κ3) is 3.20. The van der Waals surface area contributed by atoms with E-state index >= 15 is 0 Å². The Bertz CT molecular complexity index is 707. The lowest BCUT2D eigenvalue weighted by Gasteiger charge is -2.15. The minimum Gasteiger partial charge on any atom is -0.225 e. The molecule has 0 atom stereocenters. The summed E-state index contributed by atoms with van der Waals surface area (Å²) in [5.74, 6) is 0. The summed E-state index contributed by atoms with van der Waals surface area (Å²) in [4.78, 5) is -0.678. The second kappa shape index (κ2) is 5.10. The maximum Gasteiger partial charge on any atom is 0.241 e. The lowest BCUT2D eigenvalue weighted by Crippen LogP contribution is -2.31. The van der Waals surface area contributed by atoms with Crippen LogP contribution in [0.4, 0.5) is 0 Å². The third-order valence-electron chi connectivity index (χ3n) is 3.79. The SMILES string of the molecule is CCC1(CNS(=O)(=O)c2ccccc2S(N)(=O)=O)CC1. The van der Waals surface area contributed by atoms with Crippen LogP contribution in [0.25, 0.3) is 0 Å². The smallest absolute Gasteiger partial charge is 0.225 e. The van der Waals surface area contributed by atoms with E-state index in [0.717, 1.165) is 19.3 Å². The lowest BCUT2D eigenvalue weighted by atomic mass is 10.1. The first-order chi connectivity index (χ1) is 9.20. The van der Waals surface area contributed by atoms with Gasteiger partial charge in [-0.15, -0.1) is 0 Å². The van der Waals surface area contributed by atoms with Gasteiger partial charge in [0.15, 0.2) is 0 Å². The topological polar surface area (TPSA) is 106 Å². The zero-order valence-electron chi connectivity index (χ0n) is 11.2. The van der Waals surface area contributed by atoms with E-state index in [4.69, 9.17) is 5.14 Å². The summed E-state index contributed by atoms with van der Waals surface area (Å²) in [6, 6.07) is 5.34. The molecule has 0 amide bonds. The van der Waals surface area contributed by atoms with Crippen molar-refractivity contribution in [3.05, 3.63) is 24.3 Å². The second-order valence-corrected chi connectivity index (χ2v) is 8.44. The van der Waals surface area contributed by atoms with Crippen LogP contribution in [0.5, 0.6) is 0 Å². The van der Waals surface area contributed by atoms with Crippen molar-refractivity contribution in [1.82, 2.24) is 4.72 Å². The number of nitrogens with one attached hydrogen (secondary N) is 1. The van der Waals surface area contributed by atoms with Crippen molar-refractivity contribution in [2.75, 3.05) is 6.54 Å². The number of primary sulfonamides is 1. The first-order valence-electron chi connectivity index (χ1n) is 6.32. The van der Waals surface area contributed by atoms with Gasteiger partial charge in [-0.3, -0.25) is 0 Å². The average molecular weight is 318 g/mol. The van der Waals surface area contributed by atoms with Crippen LogP contribution >= 0.6 is 0 Å². The van der Waals surface area contributed by atoms with Gasteiger partial charge in [-0.2, -0.15) is 0 Å². The van der Waals surface area contributed by atoms with Crippen LogP contribution in [0.3, 0.4) is 0 Å². The number of hydrogen-bond donors (Lipinski definition) is 2. The molecule has 1 saturated carbocycles. The molecule has 2 rings (SSSR count). The summed E-state index contributed by atoms with van der Waals surface area (Å²) in [5.41, 5.74) is 0.0314. The van der Waals surface area contributed by atoms with E-state index in [2.05, 4.69) is 4.72 Å². The van der Waals surface area contributed by atoms with Gasteiger partial charge in [-0.25, -0.2) is 26.7 Å². The van der Waals surface area contributed by atoms with Crippen LogP contribution in [0.15, 0.2) is 34.1 Å². The van der Waals surface area contributed by atoms with Gasteiger partial charge in [-0.05, 0) is 36.8 Å². The molecule has 0 heterocycles. The van der Waals surface area contributed by atoms with Gasteiger partial charge in [0.1, 0.15) is 9.79 Å². The van der Waals surface area contributed by atoms with E-state index in [-0.39, 0.29) is 15.2 Å². The van der Waals surface area contributed by atoms with Gasteiger partial charge in [0.2, 0.25) is 20.0 Å². The standard InChI is InChI=1S/C12H18N2O4S2/c1-2-12(7-8-12)9-14-20(17,18)11-6-4-3-5-10(11)19(13,15)16/h3-6,14H,2,7-9H2,1H3,(H2,13,15,16). The quantitative estimate of drug-likeness (QED) is 0.809. The van der Waals surface area contributed by atoms with E-state index in [1.807, 2.05) is 6.92 Å². The Kier molecular flexibility index (Phi) is 3.94. The molecular weight excluding hydrogens is 300 g/mol. The van der Waals surface area contributed by atoms with Crippen LogP contribution < -0.4 is 9.86 Å². The highest BCUT2D eigenvalue weighted by molar-refractivity contribution is 7.92. The first kappa shape index (κ1) is 15.4. The van der Waals surface area contributed by atoms with Crippen molar-refractivity contribution in [3.63, 3.8) is 0 Å². The van der Waals surface area contributed by atoms with E-state index in [1.54, 1.807) is 0 Å². The number of sulfonamides is 2. The molecule has 112 valence electrons. The zero-order chi connectivity index (χ0) is 15.0. The monoisotopic (exact) mass is 318 g/mol. The molecule has 1 fully saturated rings. The predicted octanol–water partition coefficient (Wildman–Crippen LogP) is 0.803. The van der Waals surface area contributed by atoms with Gasteiger partial charge in [0, 0.05) is 6.54 Å². The van der Waals surface area contributed by atoms with E-state index < -0.39 is 20.0 Å². The molecule has 1 aromatic carbocycles. The number of rotatable bonds is 6. The summed E-state index contributed by atoms with van der Waals surface area (Å²) in [6.45, 7) is 2.34. The molecule has 8 heteroatoms. The number of nitrogens with two attached hydrogens (primary N) is 1. The Morgan fingerprint density at radius 1 is 1.15 bits per heavy atom. The van der Waals surface area contributed by atoms with Crippen molar-refractivity contribution in [2.24, 2.45) is 10.6 Å². The zero-order valence-corrected chi connectivity index (χ0v) is 12.8. The van der Waals surface area contributed by atoms with Gasteiger partial charge in [0.05, 0.1) is 0 Å². The van der Waals surface area contributed by atoms with Crippen molar-refractivity contribution >= 4 is 20.0 Å². The highest BCUT2D eigenvalue weighted by atomic mass is 32.2. The molecule has 0 unspecified atom stereocenters.